The van der Waals surface area contributed by atoms with Crippen molar-refractivity contribution in [3.05, 3.63) is 59.7 Å². The van der Waals surface area contributed by atoms with Gasteiger partial charge in [0.1, 0.15) is 12.6 Å². The SMILES string of the molecule is CC(C)CC(NC(=O)OCC1c2ccccc2-c2ccccc21)C(=O)NCCSCC(=O)O. The summed E-state index contributed by atoms with van der Waals surface area (Å²) >= 11 is 1.23. The fraction of sp³-hybridized carbons (Fsp3) is 0.400. The van der Waals surface area contributed by atoms with Gasteiger partial charge in [0.05, 0.1) is 5.75 Å². The molecule has 0 heterocycles. The summed E-state index contributed by atoms with van der Waals surface area (Å²) in [6, 6.07) is 15.5. The summed E-state index contributed by atoms with van der Waals surface area (Å²) in [6.45, 7) is 4.46. The minimum absolute atomic E-state index is 0.0106. The first-order valence-electron chi connectivity index (χ1n) is 11.1. The predicted octanol–water partition coefficient (Wildman–Crippen LogP) is 3.87. The molecule has 1 atom stereocenters. The maximum atomic E-state index is 12.6. The summed E-state index contributed by atoms with van der Waals surface area (Å²) in [5.41, 5.74) is 4.56. The number of carbonyl (C=O) groups excluding carboxylic acids is 2. The average molecular weight is 471 g/mol. The third-order valence-electron chi connectivity index (χ3n) is 5.43. The van der Waals surface area contributed by atoms with E-state index in [9.17, 15) is 14.4 Å². The molecule has 0 fully saturated rings. The normalized spacial score (nSPS) is 13.2. The Kier molecular flexibility index (Phi) is 8.77. The molecule has 0 saturated heterocycles. The highest BCUT2D eigenvalue weighted by Crippen LogP contribution is 2.44. The second kappa shape index (κ2) is 11.7. The van der Waals surface area contributed by atoms with E-state index in [0.717, 1.165) is 22.3 Å². The van der Waals surface area contributed by atoms with Gasteiger partial charge in [-0.25, -0.2) is 4.79 Å². The van der Waals surface area contributed by atoms with Crippen LogP contribution in [0.25, 0.3) is 11.1 Å². The number of alkyl carbamates (subject to hydrolysis) is 1. The van der Waals surface area contributed by atoms with Crippen molar-refractivity contribution in [1.29, 1.82) is 0 Å². The summed E-state index contributed by atoms with van der Waals surface area (Å²) in [6.07, 6.45) is -0.156. The first-order chi connectivity index (χ1) is 15.9. The maximum absolute atomic E-state index is 12.6. The van der Waals surface area contributed by atoms with Crippen LogP contribution in [0.5, 0.6) is 0 Å². The van der Waals surface area contributed by atoms with Gasteiger partial charge in [-0.15, -0.1) is 11.8 Å². The molecule has 33 heavy (non-hydrogen) atoms. The standard InChI is InChI=1S/C25H30N2O5S/c1-16(2)13-22(24(30)26-11-12-33-15-23(28)29)27-25(31)32-14-21-19-9-5-3-7-17(19)18-8-4-6-10-20(18)21/h3-10,16,21-22H,11-15H2,1-2H3,(H,26,30)(H,27,31)(H,28,29). The van der Waals surface area contributed by atoms with Crippen LogP contribution in [-0.4, -0.2) is 53.8 Å². The van der Waals surface area contributed by atoms with Gasteiger partial charge in [0.25, 0.3) is 0 Å². The summed E-state index contributed by atoms with van der Waals surface area (Å²) in [5.74, 6) is -0.572. The van der Waals surface area contributed by atoms with Crippen molar-refractivity contribution in [2.24, 2.45) is 5.92 Å². The molecule has 0 aliphatic heterocycles. The molecular formula is C25H30N2O5S. The van der Waals surface area contributed by atoms with E-state index in [-0.39, 0.29) is 30.1 Å². The molecule has 1 aliphatic rings. The Balaban J connectivity index is 1.56. The molecular weight excluding hydrogens is 440 g/mol. The Labute approximate surface area is 198 Å². The van der Waals surface area contributed by atoms with E-state index >= 15 is 0 Å². The molecule has 0 radical (unpaired) electrons. The molecule has 0 saturated carbocycles. The summed E-state index contributed by atoms with van der Waals surface area (Å²) < 4.78 is 5.57. The number of rotatable bonds is 11. The van der Waals surface area contributed by atoms with Gasteiger partial charge in [0.2, 0.25) is 5.91 Å². The van der Waals surface area contributed by atoms with Crippen LogP contribution in [-0.2, 0) is 14.3 Å². The first kappa shape index (κ1) is 24.6. The zero-order valence-corrected chi connectivity index (χ0v) is 19.7. The quantitative estimate of drug-likeness (QED) is 0.431. The molecule has 1 unspecified atom stereocenters. The molecule has 0 aromatic heterocycles. The Bertz CT molecular complexity index is 949. The van der Waals surface area contributed by atoms with Gasteiger partial charge < -0.3 is 20.5 Å². The topological polar surface area (TPSA) is 105 Å². The number of hydrogen-bond donors (Lipinski definition) is 3. The molecule has 3 N–H and O–H groups in total. The number of hydrogen-bond acceptors (Lipinski definition) is 5. The highest BCUT2D eigenvalue weighted by molar-refractivity contribution is 7.99. The van der Waals surface area contributed by atoms with Crippen molar-refractivity contribution in [3.8, 4) is 11.1 Å². The third-order valence-corrected chi connectivity index (χ3v) is 6.37. The molecule has 2 aromatic carbocycles. The van der Waals surface area contributed by atoms with Crippen molar-refractivity contribution in [2.75, 3.05) is 24.7 Å². The largest absolute Gasteiger partial charge is 0.481 e. The maximum Gasteiger partial charge on any atom is 0.407 e. The number of fused-ring (bicyclic) bond motifs is 3. The van der Waals surface area contributed by atoms with Crippen molar-refractivity contribution < 1.29 is 24.2 Å². The van der Waals surface area contributed by atoms with Crippen LogP contribution >= 0.6 is 11.8 Å². The van der Waals surface area contributed by atoms with Crippen LogP contribution in [0.15, 0.2) is 48.5 Å². The minimum Gasteiger partial charge on any atom is -0.481 e. The van der Waals surface area contributed by atoms with Crippen LogP contribution in [0.4, 0.5) is 4.79 Å². The lowest BCUT2D eigenvalue weighted by Gasteiger charge is -2.21. The number of aliphatic carboxylic acids is 1. The number of benzene rings is 2. The second-order valence-electron chi connectivity index (χ2n) is 8.39. The number of amides is 2. The second-order valence-corrected chi connectivity index (χ2v) is 9.49. The molecule has 8 heteroatoms. The van der Waals surface area contributed by atoms with Crippen LogP contribution in [0.3, 0.4) is 0 Å². The van der Waals surface area contributed by atoms with Gasteiger partial charge in [-0.2, -0.15) is 0 Å². The van der Waals surface area contributed by atoms with Crippen LogP contribution in [0, 0.1) is 5.92 Å². The van der Waals surface area contributed by atoms with E-state index < -0.39 is 18.1 Å². The molecule has 7 nitrogen and oxygen atoms in total. The zero-order chi connectivity index (χ0) is 23.8. The van der Waals surface area contributed by atoms with E-state index in [1.54, 1.807) is 0 Å². The van der Waals surface area contributed by atoms with Crippen molar-refractivity contribution >= 4 is 29.7 Å². The lowest BCUT2D eigenvalue weighted by Crippen LogP contribution is -2.48. The molecule has 2 aromatic rings. The monoisotopic (exact) mass is 470 g/mol. The van der Waals surface area contributed by atoms with Crippen molar-refractivity contribution in [1.82, 2.24) is 10.6 Å². The lowest BCUT2D eigenvalue weighted by molar-refractivity contribution is -0.133. The lowest BCUT2D eigenvalue weighted by atomic mass is 9.98. The minimum atomic E-state index is -0.888. The molecule has 0 spiro atoms. The van der Waals surface area contributed by atoms with Gasteiger partial charge in [-0.3, -0.25) is 9.59 Å². The molecule has 2 amide bonds. The van der Waals surface area contributed by atoms with Gasteiger partial charge in [0.15, 0.2) is 0 Å². The van der Waals surface area contributed by atoms with E-state index in [1.165, 1.54) is 11.8 Å². The smallest absolute Gasteiger partial charge is 0.407 e. The number of carboxylic acids is 1. The highest BCUT2D eigenvalue weighted by atomic mass is 32.2. The van der Waals surface area contributed by atoms with E-state index in [1.807, 2.05) is 38.1 Å². The van der Waals surface area contributed by atoms with Crippen molar-refractivity contribution in [3.63, 3.8) is 0 Å². The molecule has 1 aliphatic carbocycles. The number of ether oxygens (including phenoxy) is 1. The Morgan fingerprint density at radius 1 is 1.03 bits per heavy atom. The van der Waals surface area contributed by atoms with Gasteiger partial charge in [0, 0.05) is 18.2 Å². The summed E-state index contributed by atoms with van der Waals surface area (Å²) in [5, 5.41) is 14.1. The van der Waals surface area contributed by atoms with Crippen LogP contribution < -0.4 is 10.6 Å². The summed E-state index contributed by atoms with van der Waals surface area (Å²) in [4.78, 5) is 35.8. The van der Waals surface area contributed by atoms with Gasteiger partial charge >= 0.3 is 12.1 Å². The van der Waals surface area contributed by atoms with Gasteiger partial charge in [-0.05, 0) is 34.6 Å². The average Bonchev–Trinajstić information content (AvgIpc) is 3.10. The number of carboxylic acid groups (broad SMARTS) is 1. The van der Waals surface area contributed by atoms with E-state index in [0.29, 0.717) is 18.7 Å². The fourth-order valence-electron chi connectivity index (χ4n) is 4.01. The summed E-state index contributed by atoms with van der Waals surface area (Å²) in [7, 11) is 0. The first-order valence-corrected chi connectivity index (χ1v) is 12.2. The number of thioether (sulfide) groups is 1. The molecule has 0 bridgehead atoms. The highest BCUT2D eigenvalue weighted by Gasteiger charge is 2.30. The Hall–Kier alpha value is -3.00. The Morgan fingerprint density at radius 2 is 1.64 bits per heavy atom. The number of carbonyl (C=O) groups is 3. The fourth-order valence-corrected chi connectivity index (χ4v) is 4.58. The van der Waals surface area contributed by atoms with Crippen LogP contribution in [0.1, 0.15) is 37.3 Å². The third kappa shape index (κ3) is 6.74. The Morgan fingerprint density at radius 3 is 2.21 bits per heavy atom. The van der Waals surface area contributed by atoms with Crippen molar-refractivity contribution in [2.45, 2.75) is 32.2 Å². The molecule has 176 valence electrons. The van der Waals surface area contributed by atoms with Crippen LogP contribution in [0.2, 0.25) is 0 Å². The number of nitrogens with one attached hydrogen (secondary N) is 2. The van der Waals surface area contributed by atoms with E-state index in [2.05, 4.69) is 34.9 Å². The molecule has 3 rings (SSSR count). The van der Waals surface area contributed by atoms with Gasteiger partial charge in [-0.1, -0.05) is 62.4 Å². The predicted molar refractivity (Wildman–Crippen MR) is 129 cm³/mol. The van der Waals surface area contributed by atoms with E-state index in [4.69, 9.17) is 9.84 Å². The zero-order valence-electron chi connectivity index (χ0n) is 18.9.